The van der Waals surface area contributed by atoms with Gasteiger partial charge in [-0.15, -0.1) is 0 Å². The van der Waals surface area contributed by atoms with Gasteiger partial charge >= 0.3 is 0 Å². The molecular formula is C26H29N5O6. The van der Waals surface area contributed by atoms with Gasteiger partial charge in [0, 0.05) is 42.4 Å². The van der Waals surface area contributed by atoms with E-state index in [0.717, 1.165) is 4.68 Å². The number of ether oxygens (including phenoxy) is 2. The molecular weight excluding hydrogens is 478 g/mol. The molecule has 11 heteroatoms. The number of hydrogen-bond donors (Lipinski definition) is 3. The zero-order valence-corrected chi connectivity index (χ0v) is 20.9. The lowest BCUT2D eigenvalue weighted by molar-refractivity contribution is -0.122. The molecule has 194 valence electrons. The van der Waals surface area contributed by atoms with Crippen molar-refractivity contribution in [2.45, 2.75) is 19.9 Å². The quantitative estimate of drug-likeness (QED) is 0.336. The number of anilines is 1. The Bertz CT molecular complexity index is 1320. The molecule has 0 unspecified atom stereocenters. The molecule has 0 spiro atoms. The first-order valence-corrected chi connectivity index (χ1v) is 11.6. The van der Waals surface area contributed by atoms with Gasteiger partial charge in [0.2, 0.25) is 11.8 Å². The summed E-state index contributed by atoms with van der Waals surface area (Å²) in [7, 11) is 3.06. The van der Waals surface area contributed by atoms with Crippen molar-refractivity contribution in [3.8, 4) is 22.8 Å². The monoisotopic (exact) mass is 507 g/mol. The van der Waals surface area contributed by atoms with Crippen LogP contribution in [0.15, 0.2) is 59.4 Å². The van der Waals surface area contributed by atoms with Crippen LogP contribution in [-0.2, 0) is 16.1 Å². The first-order chi connectivity index (χ1) is 17.8. The van der Waals surface area contributed by atoms with Gasteiger partial charge in [0.15, 0.2) is 11.5 Å². The second-order valence-electron chi connectivity index (χ2n) is 7.87. The van der Waals surface area contributed by atoms with Crippen molar-refractivity contribution in [1.29, 1.82) is 0 Å². The molecule has 0 atom stereocenters. The van der Waals surface area contributed by atoms with Crippen molar-refractivity contribution in [2.75, 3.05) is 32.6 Å². The average molecular weight is 508 g/mol. The molecule has 3 aromatic rings. The summed E-state index contributed by atoms with van der Waals surface area (Å²) in [6, 6.07) is 14.6. The molecule has 2 aromatic carbocycles. The van der Waals surface area contributed by atoms with Crippen LogP contribution in [-0.4, -0.2) is 54.8 Å². The number of carbonyl (C=O) groups excluding carboxylic acids is 3. The van der Waals surface area contributed by atoms with Gasteiger partial charge in [-0.1, -0.05) is 6.92 Å². The van der Waals surface area contributed by atoms with E-state index in [1.54, 1.807) is 55.5 Å². The van der Waals surface area contributed by atoms with Crippen molar-refractivity contribution in [3.63, 3.8) is 0 Å². The molecule has 1 heterocycles. The summed E-state index contributed by atoms with van der Waals surface area (Å²) in [5, 5.41) is 12.4. The van der Waals surface area contributed by atoms with Crippen molar-refractivity contribution < 1.29 is 23.9 Å². The fourth-order valence-corrected chi connectivity index (χ4v) is 3.34. The van der Waals surface area contributed by atoms with Crippen molar-refractivity contribution >= 4 is 23.4 Å². The predicted molar refractivity (Wildman–Crippen MR) is 138 cm³/mol. The molecule has 37 heavy (non-hydrogen) atoms. The highest BCUT2D eigenvalue weighted by Gasteiger charge is 2.11. The molecule has 11 nitrogen and oxygen atoms in total. The zero-order chi connectivity index (χ0) is 26.8. The second kappa shape index (κ2) is 12.9. The maximum absolute atomic E-state index is 12.4. The summed E-state index contributed by atoms with van der Waals surface area (Å²) in [6.07, 6.45) is 0.363. The molecule has 0 saturated heterocycles. The van der Waals surface area contributed by atoms with Gasteiger partial charge in [0.1, 0.15) is 6.54 Å². The first-order valence-electron chi connectivity index (χ1n) is 11.6. The molecule has 3 amide bonds. The highest BCUT2D eigenvalue weighted by Crippen LogP contribution is 2.31. The lowest BCUT2D eigenvalue weighted by Gasteiger charge is -2.11. The van der Waals surface area contributed by atoms with E-state index in [2.05, 4.69) is 21.0 Å². The fourth-order valence-electron chi connectivity index (χ4n) is 3.34. The Hall–Kier alpha value is -4.67. The van der Waals surface area contributed by atoms with E-state index in [4.69, 9.17) is 9.47 Å². The summed E-state index contributed by atoms with van der Waals surface area (Å²) in [5.41, 5.74) is 1.78. The van der Waals surface area contributed by atoms with E-state index in [0.29, 0.717) is 40.4 Å². The van der Waals surface area contributed by atoms with Crippen molar-refractivity contribution in [2.24, 2.45) is 0 Å². The topological polar surface area (TPSA) is 141 Å². The third kappa shape index (κ3) is 7.40. The number of benzene rings is 2. The number of carbonyl (C=O) groups is 3. The van der Waals surface area contributed by atoms with Gasteiger partial charge in [-0.2, -0.15) is 5.10 Å². The van der Waals surface area contributed by atoms with Crippen LogP contribution in [0.2, 0.25) is 0 Å². The summed E-state index contributed by atoms with van der Waals surface area (Å²) in [4.78, 5) is 48.3. The van der Waals surface area contributed by atoms with Crippen LogP contribution < -0.4 is 31.0 Å². The summed E-state index contributed by atoms with van der Waals surface area (Å²) < 4.78 is 11.6. The van der Waals surface area contributed by atoms with Gasteiger partial charge in [-0.05, 0) is 48.5 Å². The number of aromatic nitrogens is 2. The number of methoxy groups -OCH3 is 2. The van der Waals surface area contributed by atoms with Crippen LogP contribution in [0.5, 0.6) is 11.5 Å². The molecule has 0 saturated carbocycles. The number of rotatable bonds is 11. The Morgan fingerprint density at radius 1 is 0.865 bits per heavy atom. The van der Waals surface area contributed by atoms with Gasteiger partial charge in [0.25, 0.3) is 11.5 Å². The highest BCUT2D eigenvalue weighted by atomic mass is 16.5. The standard InChI is InChI=1S/C26H29N5O6/c1-4-23(32)29-19-8-5-17(6-9-19)26(35)28-14-13-27-24(33)16-31-25(34)12-10-20(30-31)18-7-11-21(36-2)22(15-18)37-3/h5-12,15H,4,13-14,16H2,1-3H3,(H,27,33)(H,28,35)(H,29,32). The molecule has 0 fully saturated rings. The van der Waals surface area contributed by atoms with Crippen LogP contribution in [0.25, 0.3) is 11.3 Å². The molecule has 1 aromatic heterocycles. The molecule has 0 aliphatic carbocycles. The summed E-state index contributed by atoms with van der Waals surface area (Å²) in [5.74, 6) is 0.215. The van der Waals surface area contributed by atoms with Crippen molar-refractivity contribution in [1.82, 2.24) is 20.4 Å². The van der Waals surface area contributed by atoms with E-state index in [1.807, 2.05) is 0 Å². The molecule has 0 bridgehead atoms. The van der Waals surface area contributed by atoms with E-state index in [9.17, 15) is 19.2 Å². The Kier molecular flexibility index (Phi) is 9.36. The Morgan fingerprint density at radius 2 is 1.57 bits per heavy atom. The van der Waals surface area contributed by atoms with Crippen LogP contribution in [0, 0.1) is 0 Å². The number of amides is 3. The number of nitrogens with one attached hydrogen (secondary N) is 3. The van der Waals surface area contributed by atoms with E-state index >= 15 is 0 Å². The minimum Gasteiger partial charge on any atom is -0.493 e. The van der Waals surface area contributed by atoms with E-state index in [1.165, 1.54) is 20.3 Å². The zero-order valence-electron chi connectivity index (χ0n) is 20.9. The molecule has 0 aliphatic heterocycles. The fraction of sp³-hybridized carbons (Fsp3) is 0.269. The van der Waals surface area contributed by atoms with Crippen molar-refractivity contribution in [3.05, 3.63) is 70.5 Å². The first kappa shape index (κ1) is 26.9. The minimum absolute atomic E-state index is 0.113. The normalized spacial score (nSPS) is 10.4. The van der Waals surface area contributed by atoms with Crippen LogP contribution in [0.3, 0.4) is 0 Å². The largest absolute Gasteiger partial charge is 0.493 e. The van der Waals surface area contributed by atoms with Crippen LogP contribution in [0.1, 0.15) is 23.7 Å². The van der Waals surface area contributed by atoms with Crippen LogP contribution in [0.4, 0.5) is 5.69 Å². The SMILES string of the molecule is CCC(=O)Nc1ccc(C(=O)NCCNC(=O)Cn2nc(-c3ccc(OC)c(OC)c3)ccc2=O)cc1. The lowest BCUT2D eigenvalue weighted by Crippen LogP contribution is -2.38. The third-order valence-corrected chi connectivity index (χ3v) is 5.32. The second-order valence-corrected chi connectivity index (χ2v) is 7.87. The maximum atomic E-state index is 12.4. The number of hydrogen-bond acceptors (Lipinski definition) is 7. The highest BCUT2D eigenvalue weighted by molar-refractivity contribution is 5.95. The summed E-state index contributed by atoms with van der Waals surface area (Å²) >= 11 is 0. The predicted octanol–water partition coefficient (Wildman–Crippen LogP) is 1.82. The Balaban J connectivity index is 1.51. The Morgan fingerprint density at radius 3 is 2.24 bits per heavy atom. The van der Waals surface area contributed by atoms with Gasteiger partial charge in [-0.3, -0.25) is 19.2 Å². The average Bonchev–Trinajstić information content (AvgIpc) is 2.92. The van der Waals surface area contributed by atoms with Gasteiger partial charge in [-0.25, -0.2) is 4.68 Å². The maximum Gasteiger partial charge on any atom is 0.267 e. The lowest BCUT2D eigenvalue weighted by atomic mass is 10.1. The number of nitrogens with zero attached hydrogens (tertiary/aromatic N) is 2. The molecule has 3 rings (SSSR count). The third-order valence-electron chi connectivity index (χ3n) is 5.32. The summed E-state index contributed by atoms with van der Waals surface area (Å²) in [6.45, 7) is 1.83. The molecule has 3 N–H and O–H groups in total. The van der Waals surface area contributed by atoms with Crippen LogP contribution >= 0.6 is 0 Å². The van der Waals surface area contributed by atoms with Gasteiger partial charge < -0.3 is 25.4 Å². The molecule has 0 radical (unpaired) electrons. The Labute approximate surface area is 213 Å². The van der Waals surface area contributed by atoms with Gasteiger partial charge in [0.05, 0.1) is 19.9 Å². The molecule has 0 aliphatic rings. The minimum atomic E-state index is -0.427. The van der Waals surface area contributed by atoms with E-state index < -0.39 is 11.5 Å². The smallest absolute Gasteiger partial charge is 0.267 e. The van der Waals surface area contributed by atoms with E-state index in [-0.39, 0.29) is 31.4 Å².